The fourth-order valence-corrected chi connectivity index (χ4v) is 3.48. The highest BCUT2D eigenvalue weighted by molar-refractivity contribution is 5.71. The lowest BCUT2D eigenvalue weighted by atomic mass is 9.94. The number of nitrogens with zero attached hydrogens (tertiary/aromatic N) is 4. The minimum absolute atomic E-state index is 0.742. The Balaban J connectivity index is 1.84. The molecule has 4 nitrogen and oxygen atoms in total. The molecule has 0 N–H and O–H groups in total. The van der Waals surface area contributed by atoms with Crippen molar-refractivity contribution in [2.45, 2.75) is 46.1 Å². The third-order valence-electron chi connectivity index (χ3n) is 4.55. The zero-order chi connectivity index (χ0) is 14.7. The monoisotopic (exact) mass is 286 g/mol. The first kappa shape index (κ1) is 14.5. The van der Waals surface area contributed by atoms with Gasteiger partial charge in [-0.1, -0.05) is 13.8 Å². The molecule has 0 radical (unpaired) electrons. The van der Waals surface area contributed by atoms with Gasteiger partial charge in [0.25, 0.3) is 0 Å². The van der Waals surface area contributed by atoms with Crippen LogP contribution in [0.5, 0.6) is 0 Å². The Morgan fingerprint density at radius 1 is 1.33 bits per heavy atom. The molecule has 1 fully saturated rings. The lowest BCUT2D eigenvalue weighted by Gasteiger charge is -2.31. The van der Waals surface area contributed by atoms with Crippen LogP contribution in [-0.4, -0.2) is 39.1 Å². The van der Waals surface area contributed by atoms with E-state index in [2.05, 4.69) is 34.4 Å². The SMILES string of the molecule is CCCn1c(CC2CCCN(CC)C2)nc2cccnc21. The molecule has 2 aromatic rings. The Morgan fingerprint density at radius 2 is 2.24 bits per heavy atom. The van der Waals surface area contributed by atoms with E-state index in [1.54, 1.807) is 0 Å². The van der Waals surface area contributed by atoms with Gasteiger partial charge in [0.1, 0.15) is 11.3 Å². The van der Waals surface area contributed by atoms with Gasteiger partial charge in [0, 0.05) is 25.7 Å². The van der Waals surface area contributed by atoms with E-state index in [4.69, 9.17) is 4.98 Å². The molecular formula is C17H26N4. The van der Waals surface area contributed by atoms with Gasteiger partial charge < -0.3 is 9.47 Å². The van der Waals surface area contributed by atoms with Crippen LogP contribution in [-0.2, 0) is 13.0 Å². The Labute approximate surface area is 127 Å². The number of aromatic nitrogens is 3. The number of pyridine rings is 1. The average molecular weight is 286 g/mol. The highest BCUT2D eigenvalue weighted by atomic mass is 15.1. The minimum atomic E-state index is 0.742. The summed E-state index contributed by atoms with van der Waals surface area (Å²) in [6, 6.07) is 4.06. The van der Waals surface area contributed by atoms with Gasteiger partial charge in [0.2, 0.25) is 0 Å². The van der Waals surface area contributed by atoms with Gasteiger partial charge in [-0.3, -0.25) is 0 Å². The van der Waals surface area contributed by atoms with E-state index < -0.39 is 0 Å². The van der Waals surface area contributed by atoms with Crippen molar-refractivity contribution >= 4 is 11.2 Å². The molecule has 114 valence electrons. The van der Waals surface area contributed by atoms with Gasteiger partial charge in [-0.05, 0) is 50.4 Å². The fraction of sp³-hybridized carbons (Fsp3) is 0.647. The molecule has 1 unspecified atom stereocenters. The largest absolute Gasteiger partial charge is 0.313 e. The van der Waals surface area contributed by atoms with Crippen LogP contribution in [0.2, 0.25) is 0 Å². The molecule has 21 heavy (non-hydrogen) atoms. The predicted molar refractivity (Wildman–Crippen MR) is 86.4 cm³/mol. The predicted octanol–water partition coefficient (Wildman–Crippen LogP) is 3.12. The number of fused-ring (bicyclic) bond motifs is 1. The molecule has 1 aliphatic heterocycles. The van der Waals surface area contributed by atoms with Gasteiger partial charge in [-0.2, -0.15) is 0 Å². The number of likely N-dealkylation sites (tertiary alicyclic amines) is 1. The number of piperidine rings is 1. The lowest BCUT2D eigenvalue weighted by molar-refractivity contribution is 0.180. The highest BCUT2D eigenvalue weighted by Gasteiger charge is 2.22. The van der Waals surface area contributed by atoms with E-state index in [1.807, 2.05) is 12.3 Å². The van der Waals surface area contributed by atoms with Crippen molar-refractivity contribution in [3.05, 3.63) is 24.2 Å². The van der Waals surface area contributed by atoms with Gasteiger partial charge in [0.05, 0.1) is 0 Å². The summed E-state index contributed by atoms with van der Waals surface area (Å²) < 4.78 is 2.33. The highest BCUT2D eigenvalue weighted by Crippen LogP contribution is 2.23. The molecule has 0 bridgehead atoms. The summed E-state index contributed by atoms with van der Waals surface area (Å²) in [6.45, 7) is 9.16. The Morgan fingerprint density at radius 3 is 3.05 bits per heavy atom. The van der Waals surface area contributed by atoms with Crippen LogP contribution in [0, 0.1) is 5.92 Å². The third-order valence-corrected chi connectivity index (χ3v) is 4.55. The number of aryl methyl sites for hydroxylation is 1. The molecule has 2 aromatic heterocycles. The number of hydrogen-bond donors (Lipinski definition) is 0. The zero-order valence-electron chi connectivity index (χ0n) is 13.3. The van der Waals surface area contributed by atoms with Gasteiger partial charge in [-0.15, -0.1) is 0 Å². The second kappa shape index (κ2) is 6.56. The van der Waals surface area contributed by atoms with Crippen molar-refractivity contribution in [3.8, 4) is 0 Å². The molecule has 0 aliphatic carbocycles. The van der Waals surface area contributed by atoms with Crippen LogP contribution in [0.25, 0.3) is 11.2 Å². The molecule has 0 saturated carbocycles. The maximum absolute atomic E-state index is 4.86. The molecule has 0 spiro atoms. The summed E-state index contributed by atoms with van der Waals surface area (Å²) in [5, 5.41) is 0. The number of imidazole rings is 1. The van der Waals surface area contributed by atoms with E-state index >= 15 is 0 Å². The Hall–Kier alpha value is -1.42. The molecule has 0 aromatic carbocycles. The minimum Gasteiger partial charge on any atom is -0.313 e. The summed E-state index contributed by atoms with van der Waals surface area (Å²) >= 11 is 0. The van der Waals surface area contributed by atoms with Crippen LogP contribution >= 0.6 is 0 Å². The number of rotatable bonds is 5. The van der Waals surface area contributed by atoms with Crippen molar-refractivity contribution < 1.29 is 0 Å². The van der Waals surface area contributed by atoms with E-state index in [0.29, 0.717) is 0 Å². The second-order valence-electron chi connectivity index (χ2n) is 6.13. The quantitative estimate of drug-likeness (QED) is 0.847. The average Bonchev–Trinajstić information content (AvgIpc) is 2.86. The van der Waals surface area contributed by atoms with Crippen molar-refractivity contribution in [1.29, 1.82) is 0 Å². The molecular weight excluding hydrogens is 260 g/mol. The number of hydrogen-bond acceptors (Lipinski definition) is 3. The standard InChI is InChI=1S/C17H26N4/c1-3-10-21-16(19-15-8-5-9-18-17(15)21)12-14-7-6-11-20(4-2)13-14/h5,8-9,14H,3-4,6-7,10-13H2,1-2H3. The van der Waals surface area contributed by atoms with E-state index in [9.17, 15) is 0 Å². The summed E-state index contributed by atoms with van der Waals surface area (Å²) in [5.74, 6) is 1.97. The van der Waals surface area contributed by atoms with Crippen LogP contribution in [0.4, 0.5) is 0 Å². The summed E-state index contributed by atoms with van der Waals surface area (Å²) in [4.78, 5) is 12.0. The first-order valence-electron chi connectivity index (χ1n) is 8.34. The van der Waals surface area contributed by atoms with E-state index in [-0.39, 0.29) is 0 Å². The smallest absolute Gasteiger partial charge is 0.159 e. The maximum atomic E-state index is 4.86. The van der Waals surface area contributed by atoms with Crippen LogP contribution in [0.15, 0.2) is 18.3 Å². The van der Waals surface area contributed by atoms with Crippen molar-refractivity contribution in [2.75, 3.05) is 19.6 Å². The third kappa shape index (κ3) is 3.10. The zero-order valence-corrected chi connectivity index (χ0v) is 13.3. The molecule has 0 amide bonds. The topological polar surface area (TPSA) is 34.0 Å². The van der Waals surface area contributed by atoms with Crippen molar-refractivity contribution in [2.24, 2.45) is 5.92 Å². The molecule has 1 aliphatic rings. The first-order chi connectivity index (χ1) is 10.3. The van der Waals surface area contributed by atoms with E-state index in [1.165, 1.54) is 38.3 Å². The fourth-order valence-electron chi connectivity index (χ4n) is 3.48. The van der Waals surface area contributed by atoms with Crippen molar-refractivity contribution in [3.63, 3.8) is 0 Å². The van der Waals surface area contributed by atoms with E-state index in [0.717, 1.165) is 36.5 Å². The van der Waals surface area contributed by atoms with Gasteiger partial charge >= 0.3 is 0 Å². The molecule has 1 atom stereocenters. The second-order valence-corrected chi connectivity index (χ2v) is 6.13. The maximum Gasteiger partial charge on any atom is 0.159 e. The lowest BCUT2D eigenvalue weighted by Crippen LogP contribution is -2.36. The normalized spacial score (nSPS) is 20.2. The first-order valence-corrected chi connectivity index (χ1v) is 8.34. The van der Waals surface area contributed by atoms with Gasteiger partial charge in [-0.25, -0.2) is 9.97 Å². The molecule has 3 rings (SSSR count). The van der Waals surface area contributed by atoms with Crippen molar-refractivity contribution in [1.82, 2.24) is 19.4 Å². The van der Waals surface area contributed by atoms with Crippen LogP contribution in [0.3, 0.4) is 0 Å². The Bertz CT molecular complexity index is 589. The van der Waals surface area contributed by atoms with Crippen LogP contribution in [0.1, 0.15) is 38.9 Å². The van der Waals surface area contributed by atoms with Crippen LogP contribution < -0.4 is 0 Å². The summed E-state index contributed by atoms with van der Waals surface area (Å²) in [6.07, 6.45) is 6.75. The molecule has 1 saturated heterocycles. The molecule has 4 heteroatoms. The van der Waals surface area contributed by atoms with Gasteiger partial charge in [0.15, 0.2) is 5.65 Å². The molecule has 3 heterocycles. The summed E-state index contributed by atoms with van der Waals surface area (Å²) in [5.41, 5.74) is 2.10. The Kier molecular flexibility index (Phi) is 4.54. The summed E-state index contributed by atoms with van der Waals surface area (Å²) in [7, 11) is 0.